The van der Waals surface area contributed by atoms with E-state index in [0.717, 1.165) is 70.2 Å². The Morgan fingerprint density at radius 2 is 1.97 bits per heavy atom. The number of hydrogen-bond acceptors (Lipinski definition) is 5. The van der Waals surface area contributed by atoms with E-state index in [0.29, 0.717) is 6.42 Å². The molecule has 2 aromatic heterocycles. The van der Waals surface area contributed by atoms with Crippen molar-refractivity contribution < 1.29 is 9.53 Å². The van der Waals surface area contributed by atoms with Gasteiger partial charge in [-0.05, 0) is 62.8 Å². The van der Waals surface area contributed by atoms with Crippen molar-refractivity contribution >= 4 is 32.3 Å². The molecule has 0 fully saturated rings. The molecule has 0 N–H and O–H groups in total. The van der Waals surface area contributed by atoms with E-state index in [1.807, 2.05) is 42.5 Å². The van der Waals surface area contributed by atoms with E-state index in [9.17, 15) is 4.79 Å². The zero-order chi connectivity index (χ0) is 21.8. The van der Waals surface area contributed by atoms with Crippen LogP contribution in [-0.2, 0) is 0 Å². The molecule has 0 amide bonds. The molecule has 0 atom stereocenters. The second kappa shape index (κ2) is 9.62. The van der Waals surface area contributed by atoms with Crippen molar-refractivity contribution in [3.05, 3.63) is 54.2 Å². The van der Waals surface area contributed by atoms with Crippen LogP contribution in [0.1, 0.15) is 43.5 Å². The van der Waals surface area contributed by atoms with Gasteiger partial charge in [0.15, 0.2) is 10.7 Å². The highest BCUT2D eigenvalue weighted by atomic mass is 32.1. The van der Waals surface area contributed by atoms with Gasteiger partial charge in [0.2, 0.25) is 0 Å². The molecule has 2 heterocycles. The van der Waals surface area contributed by atoms with E-state index in [1.165, 1.54) is 0 Å². The van der Waals surface area contributed by atoms with E-state index in [1.54, 1.807) is 18.4 Å². The molecule has 31 heavy (non-hydrogen) atoms. The summed E-state index contributed by atoms with van der Waals surface area (Å²) >= 11 is 1.62. The lowest BCUT2D eigenvalue weighted by Gasteiger charge is -2.17. The maximum Gasteiger partial charge on any atom is 0.195 e. The zero-order valence-electron chi connectivity index (χ0n) is 18.4. The van der Waals surface area contributed by atoms with Gasteiger partial charge in [0.1, 0.15) is 5.75 Å². The summed E-state index contributed by atoms with van der Waals surface area (Å²) in [6, 6.07) is 13.9. The van der Waals surface area contributed by atoms with Gasteiger partial charge in [0.05, 0.1) is 23.0 Å². The highest BCUT2D eigenvalue weighted by Crippen LogP contribution is 2.31. The highest BCUT2D eigenvalue weighted by Gasteiger charge is 2.13. The topological polar surface area (TPSA) is 46.8 Å². The van der Waals surface area contributed by atoms with Crippen LogP contribution in [0.4, 0.5) is 0 Å². The number of methoxy groups -OCH3 is 1. The first-order valence-electron chi connectivity index (χ1n) is 10.9. The molecule has 5 nitrogen and oxygen atoms in total. The lowest BCUT2D eigenvalue weighted by atomic mass is 10.1. The number of nitrogens with zero attached hydrogens (tertiary/aromatic N) is 3. The molecule has 0 aliphatic rings. The number of unbranched alkanes of at least 4 members (excludes halogenated alkanes) is 1. The minimum absolute atomic E-state index is 0.226. The number of carbonyl (C=O) groups excluding carboxylic acids is 1. The summed E-state index contributed by atoms with van der Waals surface area (Å²) in [6.45, 7) is 7.57. The molecule has 162 valence electrons. The zero-order valence-corrected chi connectivity index (χ0v) is 19.2. The number of thiazole rings is 1. The van der Waals surface area contributed by atoms with Crippen LogP contribution < -0.4 is 4.74 Å². The van der Waals surface area contributed by atoms with Gasteiger partial charge in [-0.25, -0.2) is 4.98 Å². The number of aromatic nitrogens is 2. The van der Waals surface area contributed by atoms with Crippen LogP contribution in [-0.4, -0.2) is 46.8 Å². The van der Waals surface area contributed by atoms with Crippen molar-refractivity contribution in [3.8, 4) is 17.0 Å². The first-order valence-corrected chi connectivity index (χ1v) is 11.8. The molecule has 0 unspecified atom stereocenters. The third-order valence-corrected chi connectivity index (χ3v) is 6.82. The number of ketones is 1. The monoisotopic (exact) mass is 435 g/mol. The number of hydrogen-bond donors (Lipinski definition) is 0. The van der Waals surface area contributed by atoms with Crippen molar-refractivity contribution in [1.82, 2.24) is 14.3 Å². The predicted molar refractivity (Wildman–Crippen MR) is 129 cm³/mol. The van der Waals surface area contributed by atoms with Crippen LogP contribution in [0, 0.1) is 0 Å². The minimum atomic E-state index is 0.226. The molecule has 4 rings (SSSR count). The predicted octanol–water partition coefficient (Wildman–Crippen LogP) is 5.92. The summed E-state index contributed by atoms with van der Waals surface area (Å²) in [5, 5.41) is 0. The van der Waals surface area contributed by atoms with E-state index in [2.05, 4.69) is 29.3 Å². The Balaban J connectivity index is 1.49. The fourth-order valence-electron chi connectivity index (χ4n) is 3.90. The molecule has 0 aliphatic heterocycles. The first kappa shape index (κ1) is 21.5. The van der Waals surface area contributed by atoms with Crippen molar-refractivity contribution in [3.63, 3.8) is 0 Å². The Kier molecular flexibility index (Phi) is 6.68. The van der Waals surface area contributed by atoms with Gasteiger partial charge in [0, 0.05) is 23.7 Å². The summed E-state index contributed by atoms with van der Waals surface area (Å²) in [5.41, 5.74) is 3.83. The number of carbonyl (C=O) groups is 1. The molecule has 6 heteroatoms. The molecule has 0 aliphatic carbocycles. The Hall–Kier alpha value is -2.70. The van der Waals surface area contributed by atoms with Gasteiger partial charge in [-0.2, -0.15) is 0 Å². The molecule has 4 aromatic rings. The van der Waals surface area contributed by atoms with Crippen LogP contribution in [0.25, 0.3) is 26.4 Å². The Morgan fingerprint density at radius 1 is 1.13 bits per heavy atom. The molecular weight excluding hydrogens is 406 g/mol. The number of fused-ring (bicyclic) bond motifs is 3. The second-order valence-electron chi connectivity index (χ2n) is 7.70. The van der Waals surface area contributed by atoms with E-state index >= 15 is 0 Å². The lowest BCUT2D eigenvalue weighted by molar-refractivity contribution is 0.0978. The first-order chi connectivity index (χ1) is 15.1. The van der Waals surface area contributed by atoms with Crippen LogP contribution in [0.5, 0.6) is 5.75 Å². The van der Waals surface area contributed by atoms with E-state index < -0.39 is 0 Å². The largest absolute Gasteiger partial charge is 0.497 e. The fraction of sp³-hybridized carbons (Fsp3) is 0.360. The molecule has 0 saturated carbocycles. The lowest BCUT2D eigenvalue weighted by Crippen LogP contribution is -2.24. The van der Waals surface area contributed by atoms with Crippen LogP contribution in [0.2, 0.25) is 0 Å². The maximum atomic E-state index is 12.7. The SMILES string of the molecule is CCN(CC)CCCCC(=O)c1ccc2c(c1)sc1nc(-c3cccc(OC)c3)cn12. The Morgan fingerprint density at radius 3 is 2.74 bits per heavy atom. The maximum absolute atomic E-state index is 12.7. The third kappa shape index (κ3) is 4.65. The molecule has 0 radical (unpaired) electrons. The molecule has 0 bridgehead atoms. The Bertz CT molecular complexity index is 1190. The highest BCUT2D eigenvalue weighted by molar-refractivity contribution is 7.23. The summed E-state index contributed by atoms with van der Waals surface area (Å²) in [6.07, 6.45) is 4.66. The number of rotatable bonds is 10. The standard InChI is InChI=1S/C25H29N3O2S/c1-4-27(5-2)14-7-6-11-23(29)19-12-13-22-24(16-19)31-25-26-21(17-28(22)25)18-9-8-10-20(15-18)30-3/h8-10,12-13,15-17H,4-7,11,14H2,1-3H3. The van der Waals surface area contributed by atoms with Crippen LogP contribution in [0.15, 0.2) is 48.7 Å². The van der Waals surface area contributed by atoms with Gasteiger partial charge in [-0.15, -0.1) is 0 Å². The molecular formula is C25H29N3O2S. The van der Waals surface area contributed by atoms with Crippen molar-refractivity contribution in [2.75, 3.05) is 26.7 Å². The van der Waals surface area contributed by atoms with E-state index in [4.69, 9.17) is 9.72 Å². The van der Waals surface area contributed by atoms with Gasteiger partial charge < -0.3 is 9.64 Å². The second-order valence-corrected chi connectivity index (χ2v) is 8.71. The average Bonchev–Trinajstić information content (AvgIpc) is 3.36. The molecule has 0 saturated heterocycles. The van der Waals surface area contributed by atoms with Crippen LogP contribution >= 0.6 is 11.3 Å². The summed E-state index contributed by atoms with van der Waals surface area (Å²) in [7, 11) is 1.67. The molecule has 2 aromatic carbocycles. The summed E-state index contributed by atoms with van der Waals surface area (Å²) < 4.78 is 8.53. The minimum Gasteiger partial charge on any atom is -0.497 e. The summed E-state index contributed by atoms with van der Waals surface area (Å²) in [4.78, 5) is 20.8. The number of ether oxygens (including phenoxy) is 1. The van der Waals surface area contributed by atoms with Crippen molar-refractivity contribution in [2.45, 2.75) is 33.1 Å². The number of imidazole rings is 1. The average molecular weight is 436 g/mol. The normalized spacial score (nSPS) is 11.6. The van der Waals surface area contributed by atoms with Gasteiger partial charge in [-0.1, -0.05) is 37.3 Å². The quantitative estimate of drug-likeness (QED) is 0.229. The van der Waals surface area contributed by atoms with Gasteiger partial charge in [-0.3, -0.25) is 9.20 Å². The van der Waals surface area contributed by atoms with Crippen LogP contribution in [0.3, 0.4) is 0 Å². The Labute approximate surface area is 187 Å². The van der Waals surface area contributed by atoms with Gasteiger partial charge in [0.25, 0.3) is 0 Å². The van der Waals surface area contributed by atoms with E-state index in [-0.39, 0.29) is 5.78 Å². The van der Waals surface area contributed by atoms with Gasteiger partial charge >= 0.3 is 0 Å². The number of benzene rings is 2. The number of Topliss-reactive ketones (excluding diaryl/α,β-unsaturated/α-hetero) is 1. The fourth-order valence-corrected chi connectivity index (χ4v) is 4.95. The van der Waals surface area contributed by atoms with Crippen molar-refractivity contribution in [1.29, 1.82) is 0 Å². The molecule has 0 spiro atoms. The van der Waals surface area contributed by atoms with Crippen molar-refractivity contribution in [2.24, 2.45) is 0 Å². The summed E-state index contributed by atoms with van der Waals surface area (Å²) in [5.74, 6) is 1.04. The smallest absolute Gasteiger partial charge is 0.195 e. The third-order valence-electron chi connectivity index (χ3n) is 5.80.